The first-order valence-electron chi connectivity index (χ1n) is 8.25. The van der Waals surface area contributed by atoms with E-state index >= 15 is 0 Å². The van der Waals surface area contributed by atoms with Gasteiger partial charge in [-0.2, -0.15) is 0 Å². The van der Waals surface area contributed by atoms with Crippen LogP contribution in [-0.2, 0) is 0 Å². The van der Waals surface area contributed by atoms with Crippen molar-refractivity contribution in [1.29, 1.82) is 0 Å². The lowest BCUT2D eigenvalue weighted by molar-refractivity contribution is 0.203. The molecule has 2 unspecified atom stereocenters. The molecule has 20 heavy (non-hydrogen) atoms. The highest BCUT2D eigenvalue weighted by Crippen LogP contribution is 2.18. The third kappa shape index (κ3) is 5.64. The van der Waals surface area contributed by atoms with Crippen LogP contribution in [0.2, 0.25) is 0 Å². The summed E-state index contributed by atoms with van der Waals surface area (Å²) in [5.41, 5.74) is 1.42. The summed E-state index contributed by atoms with van der Waals surface area (Å²) in [6, 6.07) is 12.0. The topological polar surface area (TPSA) is 15.3 Å². The first kappa shape index (κ1) is 17.2. The molecule has 0 saturated carbocycles. The normalized spacial score (nSPS) is 14.4. The molecule has 0 saturated heterocycles. The molecule has 0 spiro atoms. The Bertz CT molecular complexity index is 337. The molecule has 0 aliphatic rings. The molecule has 2 heteroatoms. The van der Waals surface area contributed by atoms with Crippen LogP contribution >= 0.6 is 0 Å². The molecule has 1 N–H and O–H groups in total. The van der Waals surface area contributed by atoms with Crippen LogP contribution in [0.4, 0.5) is 0 Å². The van der Waals surface area contributed by atoms with Gasteiger partial charge < -0.3 is 10.2 Å². The minimum atomic E-state index is 0.481. The fourth-order valence-corrected chi connectivity index (χ4v) is 2.63. The third-order valence-corrected chi connectivity index (χ3v) is 4.17. The Morgan fingerprint density at radius 3 is 2.35 bits per heavy atom. The molecule has 114 valence electrons. The second-order valence-electron chi connectivity index (χ2n) is 5.59. The molecule has 0 aliphatic carbocycles. The van der Waals surface area contributed by atoms with E-state index in [0.717, 1.165) is 13.1 Å². The van der Waals surface area contributed by atoms with Crippen molar-refractivity contribution in [3.8, 4) is 0 Å². The molecule has 2 atom stereocenters. The van der Waals surface area contributed by atoms with Gasteiger partial charge in [-0.1, -0.05) is 51.1 Å². The molecular formula is C18H32N2. The number of hydrogen-bond donors (Lipinski definition) is 1. The largest absolute Gasteiger partial charge is 0.310 e. The van der Waals surface area contributed by atoms with Crippen LogP contribution in [0, 0.1) is 0 Å². The maximum Gasteiger partial charge on any atom is 0.0332 e. The predicted molar refractivity (Wildman–Crippen MR) is 89.1 cm³/mol. The lowest BCUT2D eigenvalue weighted by Gasteiger charge is -2.29. The Labute approximate surface area is 125 Å². The average Bonchev–Trinajstić information content (AvgIpc) is 2.51. The van der Waals surface area contributed by atoms with Crippen molar-refractivity contribution in [3.63, 3.8) is 0 Å². The van der Waals surface area contributed by atoms with Gasteiger partial charge in [0.15, 0.2) is 0 Å². The number of nitrogens with zero attached hydrogens (tertiary/aromatic N) is 1. The van der Waals surface area contributed by atoms with Gasteiger partial charge in [0.25, 0.3) is 0 Å². The molecule has 0 bridgehead atoms. The van der Waals surface area contributed by atoms with E-state index in [-0.39, 0.29) is 0 Å². The number of nitrogens with one attached hydrogen (secondary N) is 1. The Morgan fingerprint density at radius 1 is 1.10 bits per heavy atom. The summed E-state index contributed by atoms with van der Waals surface area (Å²) in [7, 11) is 0. The minimum Gasteiger partial charge on any atom is -0.310 e. The maximum absolute atomic E-state index is 3.70. The SMILES string of the molecule is CCCNC(CCN(CC)C(C)CC)c1ccccc1. The van der Waals surface area contributed by atoms with E-state index in [1.807, 2.05) is 0 Å². The second-order valence-corrected chi connectivity index (χ2v) is 5.59. The molecule has 2 nitrogen and oxygen atoms in total. The monoisotopic (exact) mass is 276 g/mol. The van der Waals surface area contributed by atoms with Crippen molar-refractivity contribution in [2.75, 3.05) is 19.6 Å². The van der Waals surface area contributed by atoms with Gasteiger partial charge in [0.1, 0.15) is 0 Å². The van der Waals surface area contributed by atoms with E-state index in [1.165, 1.54) is 31.4 Å². The van der Waals surface area contributed by atoms with Crippen molar-refractivity contribution >= 4 is 0 Å². The molecule has 0 amide bonds. The molecular weight excluding hydrogens is 244 g/mol. The molecule has 1 aromatic carbocycles. The zero-order valence-corrected chi connectivity index (χ0v) is 13.7. The lowest BCUT2D eigenvalue weighted by Crippen LogP contribution is -2.35. The van der Waals surface area contributed by atoms with Crippen LogP contribution in [-0.4, -0.2) is 30.6 Å². The number of benzene rings is 1. The standard InChI is InChI=1S/C18H32N2/c1-5-14-19-18(17-11-9-8-10-12-17)13-15-20(7-3)16(4)6-2/h8-12,16,18-19H,5-7,13-15H2,1-4H3. The molecule has 0 aliphatic heterocycles. The lowest BCUT2D eigenvalue weighted by atomic mass is 10.0. The molecule has 1 aromatic rings. The van der Waals surface area contributed by atoms with E-state index in [4.69, 9.17) is 0 Å². The predicted octanol–water partition coefficient (Wildman–Crippen LogP) is 4.24. The summed E-state index contributed by atoms with van der Waals surface area (Å²) < 4.78 is 0. The highest BCUT2D eigenvalue weighted by Gasteiger charge is 2.14. The van der Waals surface area contributed by atoms with Crippen molar-refractivity contribution in [2.45, 2.75) is 59.0 Å². The maximum atomic E-state index is 3.70. The van der Waals surface area contributed by atoms with Crippen LogP contribution < -0.4 is 5.32 Å². The second kappa shape index (κ2) is 9.95. The van der Waals surface area contributed by atoms with Gasteiger partial charge in [0.2, 0.25) is 0 Å². The summed E-state index contributed by atoms with van der Waals surface area (Å²) in [6.45, 7) is 12.5. The first-order valence-corrected chi connectivity index (χ1v) is 8.25. The smallest absolute Gasteiger partial charge is 0.0332 e. The number of rotatable bonds is 10. The Morgan fingerprint density at radius 2 is 1.80 bits per heavy atom. The summed E-state index contributed by atoms with van der Waals surface area (Å²) >= 11 is 0. The van der Waals surface area contributed by atoms with E-state index in [9.17, 15) is 0 Å². The van der Waals surface area contributed by atoms with Crippen molar-refractivity contribution in [1.82, 2.24) is 10.2 Å². The summed E-state index contributed by atoms with van der Waals surface area (Å²) in [5, 5.41) is 3.70. The van der Waals surface area contributed by atoms with Gasteiger partial charge in [-0.25, -0.2) is 0 Å². The van der Waals surface area contributed by atoms with Crippen molar-refractivity contribution in [3.05, 3.63) is 35.9 Å². The van der Waals surface area contributed by atoms with Gasteiger partial charge >= 0.3 is 0 Å². The quantitative estimate of drug-likeness (QED) is 0.687. The van der Waals surface area contributed by atoms with Crippen LogP contribution in [0.5, 0.6) is 0 Å². The highest BCUT2D eigenvalue weighted by atomic mass is 15.1. The van der Waals surface area contributed by atoms with Crippen LogP contribution in [0.25, 0.3) is 0 Å². The Balaban J connectivity index is 2.61. The molecule has 0 heterocycles. The molecule has 0 aromatic heterocycles. The van der Waals surface area contributed by atoms with E-state index in [2.05, 4.69) is 68.2 Å². The summed E-state index contributed by atoms with van der Waals surface area (Å²) in [6.07, 6.45) is 3.60. The average molecular weight is 276 g/mol. The van der Waals surface area contributed by atoms with Gasteiger partial charge in [-0.3, -0.25) is 0 Å². The zero-order chi connectivity index (χ0) is 14.8. The third-order valence-electron chi connectivity index (χ3n) is 4.17. The van der Waals surface area contributed by atoms with Gasteiger partial charge in [0.05, 0.1) is 0 Å². The van der Waals surface area contributed by atoms with Crippen LogP contribution in [0.1, 0.15) is 58.6 Å². The van der Waals surface area contributed by atoms with Crippen LogP contribution in [0.15, 0.2) is 30.3 Å². The Hall–Kier alpha value is -0.860. The molecule has 0 fully saturated rings. The Kier molecular flexibility index (Phi) is 8.56. The van der Waals surface area contributed by atoms with E-state index in [1.54, 1.807) is 0 Å². The fraction of sp³-hybridized carbons (Fsp3) is 0.667. The number of hydrogen-bond acceptors (Lipinski definition) is 2. The van der Waals surface area contributed by atoms with Gasteiger partial charge in [-0.05, 0) is 44.8 Å². The van der Waals surface area contributed by atoms with Gasteiger partial charge in [-0.15, -0.1) is 0 Å². The van der Waals surface area contributed by atoms with E-state index < -0.39 is 0 Å². The fourth-order valence-electron chi connectivity index (χ4n) is 2.63. The van der Waals surface area contributed by atoms with Crippen LogP contribution in [0.3, 0.4) is 0 Å². The molecule has 1 rings (SSSR count). The minimum absolute atomic E-state index is 0.481. The highest BCUT2D eigenvalue weighted by molar-refractivity contribution is 5.18. The molecule has 0 radical (unpaired) electrons. The summed E-state index contributed by atoms with van der Waals surface area (Å²) in [5.74, 6) is 0. The van der Waals surface area contributed by atoms with Crippen molar-refractivity contribution < 1.29 is 0 Å². The van der Waals surface area contributed by atoms with Gasteiger partial charge in [0, 0.05) is 18.6 Å². The van der Waals surface area contributed by atoms with E-state index in [0.29, 0.717) is 12.1 Å². The zero-order valence-electron chi connectivity index (χ0n) is 13.7. The summed E-state index contributed by atoms with van der Waals surface area (Å²) in [4.78, 5) is 2.59. The van der Waals surface area contributed by atoms with Crippen molar-refractivity contribution in [2.24, 2.45) is 0 Å². The first-order chi connectivity index (χ1) is 9.72.